The summed E-state index contributed by atoms with van der Waals surface area (Å²) in [5, 5.41) is 12.6. The molecule has 2 aliphatic rings. The number of carbonyl (C=O) groups is 1. The molecule has 2 saturated heterocycles. The van der Waals surface area contributed by atoms with Gasteiger partial charge >= 0.3 is 0 Å². The molecule has 3 N–H and O–H groups in total. The molecule has 2 aromatic rings. The van der Waals surface area contributed by atoms with Gasteiger partial charge in [-0.05, 0) is 30.7 Å². The van der Waals surface area contributed by atoms with Gasteiger partial charge in [0, 0.05) is 43.5 Å². The van der Waals surface area contributed by atoms with Crippen molar-refractivity contribution in [1.82, 2.24) is 14.9 Å². The van der Waals surface area contributed by atoms with E-state index in [1.54, 1.807) is 17.0 Å². The average molecular weight is 393 g/mol. The third-order valence-corrected chi connectivity index (χ3v) is 5.10. The van der Waals surface area contributed by atoms with Crippen LogP contribution in [0.5, 0.6) is 0 Å². The molecular weight excluding hydrogens is 370 g/mol. The van der Waals surface area contributed by atoms with Crippen LogP contribution in [0.2, 0.25) is 0 Å². The molecule has 0 bridgehead atoms. The van der Waals surface area contributed by atoms with Crippen LogP contribution in [-0.4, -0.2) is 66.2 Å². The first-order valence-electron chi connectivity index (χ1n) is 9.66. The van der Waals surface area contributed by atoms with Crippen LogP contribution in [-0.2, 0) is 4.74 Å². The third kappa shape index (κ3) is 4.29. The number of nitrogens with one attached hydrogen (secondary N) is 1. The summed E-state index contributed by atoms with van der Waals surface area (Å²) >= 11 is 0. The van der Waals surface area contributed by atoms with Crippen LogP contribution in [0, 0.1) is 11.3 Å². The standard InChI is InChI=1S/C20H23N7O2/c21-11-15-12-23-20(27-6-5-16(22)13-27)25-18(15)24-17-3-1-14(2-4-17)19(28)26-7-9-29-10-8-26/h1-4,12,16H,5-10,13,22H2,(H,23,24,25)/t16-/m0/s1. The van der Waals surface area contributed by atoms with Crippen molar-refractivity contribution in [2.45, 2.75) is 12.5 Å². The first-order chi connectivity index (χ1) is 14.1. The quantitative estimate of drug-likeness (QED) is 0.792. The third-order valence-electron chi connectivity index (χ3n) is 5.10. The number of nitrogens with zero attached hydrogens (tertiary/aromatic N) is 5. The summed E-state index contributed by atoms with van der Waals surface area (Å²) in [6, 6.07) is 9.38. The molecule has 4 rings (SSSR count). The minimum atomic E-state index is -0.00717. The number of hydrogen-bond donors (Lipinski definition) is 2. The second kappa shape index (κ2) is 8.43. The van der Waals surface area contributed by atoms with Crippen LogP contribution in [0.25, 0.3) is 0 Å². The Bertz CT molecular complexity index is 919. The molecule has 1 amide bonds. The monoisotopic (exact) mass is 393 g/mol. The Balaban J connectivity index is 1.49. The molecule has 2 aliphatic heterocycles. The smallest absolute Gasteiger partial charge is 0.254 e. The van der Waals surface area contributed by atoms with Gasteiger partial charge in [-0.15, -0.1) is 0 Å². The number of nitrogens with two attached hydrogens (primary N) is 1. The number of aromatic nitrogens is 2. The summed E-state index contributed by atoms with van der Waals surface area (Å²) in [5.74, 6) is 0.982. The SMILES string of the molecule is N#Cc1cnc(N2CC[C@H](N)C2)nc1Nc1ccc(C(=O)N2CCOCC2)cc1. The van der Waals surface area contributed by atoms with Gasteiger partial charge in [-0.3, -0.25) is 4.79 Å². The van der Waals surface area contributed by atoms with E-state index in [1.165, 1.54) is 6.20 Å². The van der Waals surface area contributed by atoms with Crippen molar-refractivity contribution >= 4 is 23.4 Å². The van der Waals surface area contributed by atoms with E-state index in [1.807, 2.05) is 17.0 Å². The van der Waals surface area contributed by atoms with Crippen LogP contribution in [0.1, 0.15) is 22.3 Å². The highest BCUT2D eigenvalue weighted by Gasteiger charge is 2.22. The van der Waals surface area contributed by atoms with Gasteiger partial charge in [-0.25, -0.2) is 4.98 Å². The Hall–Kier alpha value is -3.22. The molecular formula is C20H23N7O2. The largest absolute Gasteiger partial charge is 0.378 e. The van der Waals surface area contributed by atoms with Gasteiger partial charge < -0.3 is 25.6 Å². The highest BCUT2D eigenvalue weighted by molar-refractivity contribution is 5.94. The Labute approximate surface area is 169 Å². The van der Waals surface area contributed by atoms with Crippen molar-refractivity contribution in [3.63, 3.8) is 0 Å². The van der Waals surface area contributed by atoms with Gasteiger partial charge in [0.05, 0.1) is 19.4 Å². The normalized spacial score (nSPS) is 19.1. The lowest BCUT2D eigenvalue weighted by Gasteiger charge is -2.26. The summed E-state index contributed by atoms with van der Waals surface area (Å²) in [6.45, 7) is 3.84. The van der Waals surface area contributed by atoms with Crippen LogP contribution in [0.4, 0.5) is 17.5 Å². The molecule has 0 radical (unpaired) electrons. The maximum Gasteiger partial charge on any atom is 0.254 e. The Morgan fingerprint density at radius 2 is 2.00 bits per heavy atom. The van der Waals surface area contributed by atoms with E-state index in [0.717, 1.165) is 18.7 Å². The molecule has 150 valence electrons. The van der Waals surface area contributed by atoms with Crippen molar-refractivity contribution in [2.75, 3.05) is 49.6 Å². The molecule has 0 saturated carbocycles. The van der Waals surface area contributed by atoms with Gasteiger partial charge in [0.2, 0.25) is 5.95 Å². The number of rotatable bonds is 4. The zero-order valence-corrected chi connectivity index (χ0v) is 16.0. The number of nitriles is 1. The number of hydrogen-bond acceptors (Lipinski definition) is 8. The van der Waals surface area contributed by atoms with Crippen molar-refractivity contribution in [1.29, 1.82) is 5.26 Å². The van der Waals surface area contributed by atoms with E-state index in [4.69, 9.17) is 10.5 Å². The van der Waals surface area contributed by atoms with Crippen molar-refractivity contribution in [3.8, 4) is 6.07 Å². The lowest BCUT2D eigenvalue weighted by Crippen LogP contribution is -2.40. The summed E-state index contributed by atoms with van der Waals surface area (Å²) in [6.07, 6.45) is 2.41. The summed E-state index contributed by atoms with van der Waals surface area (Å²) < 4.78 is 5.29. The number of carbonyl (C=O) groups excluding carboxylic acids is 1. The van der Waals surface area contributed by atoms with Crippen LogP contribution in [0.15, 0.2) is 30.5 Å². The molecule has 0 aliphatic carbocycles. The second-order valence-corrected chi connectivity index (χ2v) is 7.15. The number of ether oxygens (including phenoxy) is 1. The van der Waals surface area contributed by atoms with Gasteiger partial charge in [0.1, 0.15) is 11.6 Å². The van der Waals surface area contributed by atoms with E-state index in [-0.39, 0.29) is 11.9 Å². The lowest BCUT2D eigenvalue weighted by molar-refractivity contribution is 0.0303. The Kier molecular flexibility index (Phi) is 5.55. The number of benzene rings is 1. The van der Waals surface area contributed by atoms with Crippen molar-refractivity contribution in [2.24, 2.45) is 5.73 Å². The maximum absolute atomic E-state index is 12.6. The van der Waals surface area contributed by atoms with Gasteiger partial charge in [-0.2, -0.15) is 10.2 Å². The molecule has 0 unspecified atom stereocenters. The molecule has 9 heteroatoms. The van der Waals surface area contributed by atoms with E-state index >= 15 is 0 Å². The van der Waals surface area contributed by atoms with E-state index in [0.29, 0.717) is 55.7 Å². The Morgan fingerprint density at radius 3 is 2.66 bits per heavy atom. The summed E-state index contributed by atoms with van der Waals surface area (Å²) in [7, 11) is 0. The number of amides is 1. The molecule has 29 heavy (non-hydrogen) atoms. The fourth-order valence-corrected chi connectivity index (χ4v) is 3.45. The minimum Gasteiger partial charge on any atom is -0.378 e. The lowest BCUT2D eigenvalue weighted by atomic mass is 10.1. The zero-order valence-electron chi connectivity index (χ0n) is 16.0. The number of anilines is 3. The highest BCUT2D eigenvalue weighted by Crippen LogP contribution is 2.23. The Morgan fingerprint density at radius 1 is 1.24 bits per heavy atom. The highest BCUT2D eigenvalue weighted by atomic mass is 16.5. The first-order valence-corrected chi connectivity index (χ1v) is 9.66. The predicted molar refractivity (Wildman–Crippen MR) is 108 cm³/mol. The first kappa shape index (κ1) is 19.1. The average Bonchev–Trinajstić information content (AvgIpc) is 3.21. The van der Waals surface area contributed by atoms with E-state index in [9.17, 15) is 10.1 Å². The van der Waals surface area contributed by atoms with Gasteiger partial charge in [0.25, 0.3) is 5.91 Å². The van der Waals surface area contributed by atoms with Crippen LogP contribution >= 0.6 is 0 Å². The van der Waals surface area contributed by atoms with E-state index < -0.39 is 0 Å². The van der Waals surface area contributed by atoms with Gasteiger partial charge in [0.15, 0.2) is 5.82 Å². The number of morpholine rings is 1. The molecule has 2 fully saturated rings. The van der Waals surface area contributed by atoms with Crippen molar-refractivity contribution < 1.29 is 9.53 Å². The molecule has 0 spiro atoms. The molecule has 1 aromatic heterocycles. The van der Waals surface area contributed by atoms with E-state index in [2.05, 4.69) is 21.4 Å². The van der Waals surface area contributed by atoms with Gasteiger partial charge in [-0.1, -0.05) is 0 Å². The minimum absolute atomic E-state index is 0.00717. The maximum atomic E-state index is 12.6. The zero-order chi connectivity index (χ0) is 20.2. The molecule has 1 atom stereocenters. The fraction of sp³-hybridized carbons (Fsp3) is 0.400. The molecule has 9 nitrogen and oxygen atoms in total. The summed E-state index contributed by atoms with van der Waals surface area (Å²) in [5.41, 5.74) is 7.68. The van der Waals surface area contributed by atoms with Crippen LogP contribution in [0.3, 0.4) is 0 Å². The second-order valence-electron chi connectivity index (χ2n) is 7.15. The topological polar surface area (TPSA) is 120 Å². The van der Waals surface area contributed by atoms with Crippen LogP contribution < -0.4 is 16.0 Å². The summed E-state index contributed by atoms with van der Waals surface area (Å²) in [4.78, 5) is 25.2. The molecule has 1 aromatic carbocycles. The van der Waals surface area contributed by atoms with Crippen molar-refractivity contribution in [3.05, 3.63) is 41.6 Å². The predicted octanol–water partition coefficient (Wildman–Crippen LogP) is 1.10. The molecule has 3 heterocycles. The fourth-order valence-electron chi connectivity index (χ4n) is 3.45.